The van der Waals surface area contributed by atoms with Crippen LogP contribution in [0, 0.1) is 55.2 Å². The Morgan fingerprint density at radius 3 is 2.30 bits per heavy atom. The minimum absolute atomic E-state index is 0.196. The van der Waals surface area contributed by atoms with Crippen LogP contribution in [0.15, 0.2) is 65.8 Å². The number of hydrogen-bond acceptors (Lipinski definition) is 6. The Balaban J connectivity index is 1.47. The van der Waals surface area contributed by atoms with Gasteiger partial charge in [0, 0.05) is 18.6 Å². The molecule has 0 bridgehead atoms. The van der Waals surface area contributed by atoms with Crippen LogP contribution in [0.1, 0.15) is 96.3 Å². The maximum Gasteiger partial charge on any atom is 0.338 e. The average molecular weight is 591 g/mol. The number of hydrogen-bond donors (Lipinski definition) is 0. The van der Waals surface area contributed by atoms with Gasteiger partial charge in [-0.15, -0.1) is 0 Å². The van der Waals surface area contributed by atoms with Gasteiger partial charge in [-0.25, -0.2) is 4.79 Å². The van der Waals surface area contributed by atoms with Gasteiger partial charge in [-0.1, -0.05) is 76.6 Å². The maximum atomic E-state index is 12.9. The quantitative estimate of drug-likeness (QED) is 0.123. The van der Waals surface area contributed by atoms with Gasteiger partial charge in [0.15, 0.2) is 0 Å². The first-order chi connectivity index (χ1) is 20.3. The molecule has 3 aliphatic carbocycles. The minimum atomic E-state index is -0.798. The van der Waals surface area contributed by atoms with E-state index in [0.717, 1.165) is 35.8 Å². The van der Waals surface area contributed by atoms with Crippen LogP contribution in [0.4, 0.5) is 11.4 Å². The lowest BCUT2D eigenvalue weighted by Gasteiger charge is -2.44. The van der Waals surface area contributed by atoms with Crippen LogP contribution in [0.5, 0.6) is 0 Å². The maximum absolute atomic E-state index is 12.9. The minimum Gasteiger partial charge on any atom is -0.458 e. The number of fused-ring (bicyclic) bond motifs is 1. The molecule has 0 aliphatic heterocycles. The van der Waals surface area contributed by atoms with Gasteiger partial charge in [0.05, 0.1) is 21.5 Å². The molecule has 0 radical (unpaired) electrons. The van der Waals surface area contributed by atoms with E-state index in [9.17, 15) is 25.0 Å². The number of nitro groups is 2. The molecule has 43 heavy (non-hydrogen) atoms. The fraction of sp³-hybridized carbons (Fsp3) is 0.571. The summed E-state index contributed by atoms with van der Waals surface area (Å²) in [6.45, 7) is 16.0. The van der Waals surface area contributed by atoms with E-state index in [0.29, 0.717) is 48.9 Å². The zero-order chi connectivity index (χ0) is 31.5. The van der Waals surface area contributed by atoms with E-state index < -0.39 is 33.3 Å². The molecule has 0 unspecified atom stereocenters. The van der Waals surface area contributed by atoms with E-state index >= 15 is 0 Å². The molecule has 6 atom stereocenters. The monoisotopic (exact) mass is 590 g/mol. The van der Waals surface area contributed by atoms with Crippen molar-refractivity contribution in [3.8, 4) is 0 Å². The first-order valence-corrected chi connectivity index (χ1v) is 15.7. The van der Waals surface area contributed by atoms with E-state index in [4.69, 9.17) is 4.74 Å². The molecule has 8 heteroatoms. The Bertz CT molecular complexity index is 1330. The molecule has 0 saturated heterocycles. The largest absolute Gasteiger partial charge is 0.458 e. The molecule has 0 heterocycles. The number of nitro benzene ring substituents is 2. The number of rotatable bonds is 9. The highest BCUT2D eigenvalue weighted by Gasteiger charge is 2.50. The Kier molecular flexibility index (Phi) is 10.1. The summed E-state index contributed by atoms with van der Waals surface area (Å²) in [4.78, 5) is 33.9. The third-order valence-electron chi connectivity index (χ3n) is 10.4. The zero-order valence-corrected chi connectivity index (χ0v) is 26.2. The standard InChI is InChI=1S/C35H46N2O6/c1-22(2)23(3)9-10-25(5)32-15-16-33-26(8-7-17-35(32,33)6)12-13-27-20-31(14-11-24(27)4)43-34(38)28-18-29(36(39)40)21-30(19-28)37(41)42/h9-10,12-13,18-19,21-23,25,31-33H,4,7-8,11,14-17,20H2,1-3,5-6H3/b10-9+,26-12+,27-13+/t23-,25+,31+,32-,33-,35+/m0/s1. The normalized spacial score (nSPS) is 29.2. The molecule has 1 aromatic carbocycles. The highest BCUT2D eigenvalue weighted by Crippen LogP contribution is 2.59. The lowest BCUT2D eigenvalue weighted by molar-refractivity contribution is -0.394. The smallest absolute Gasteiger partial charge is 0.338 e. The zero-order valence-electron chi connectivity index (χ0n) is 26.2. The van der Waals surface area contributed by atoms with E-state index in [1.165, 1.54) is 31.3 Å². The van der Waals surface area contributed by atoms with Crippen molar-refractivity contribution in [1.82, 2.24) is 0 Å². The van der Waals surface area contributed by atoms with Crippen LogP contribution in [-0.4, -0.2) is 21.9 Å². The molecule has 0 N–H and O–H groups in total. The van der Waals surface area contributed by atoms with E-state index in [1.54, 1.807) is 0 Å². The van der Waals surface area contributed by atoms with Crippen LogP contribution in [0.2, 0.25) is 0 Å². The Morgan fingerprint density at radius 2 is 1.67 bits per heavy atom. The van der Waals surface area contributed by atoms with Crippen LogP contribution in [0.3, 0.4) is 0 Å². The first kappa shape index (κ1) is 32.4. The van der Waals surface area contributed by atoms with Crippen molar-refractivity contribution in [3.05, 3.63) is 91.6 Å². The topological polar surface area (TPSA) is 113 Å². The van der Waals surface area contributed by atoms with E-state index in [-0.39, 0.29) is 11.0 Å². The number of esters is 1. The number of nitrogens with zero attached hydrogens (tertiary/aromatic N) is 2. The molecule has 8 nitrogen and oxygen atoms in total. The summed E-state index contributed by atoms with van der Waals surface area (Å²) in [5, 5.41) is 22.5. The molecule has 4 rings (SSSR count). The van der Waals surface area contributed by atoms with Crippen molar-refractivity contribution in [1.29, 1.82) is 0 Å². The average Bonchev–Trinajstić information content (AvgIpc) is 3.33. The van der Waals surface area contributed by atoms with Gasteiger partial charge in [0.1, 0.15) is 6.10 Å². The number of benzene rings is 1. The summed E-state index contributed by atoms with van der Waals surface area (Å²) < 4.78 is 5.70. The number of carbonyl (C=O) groups is 1. The second-order valence-electron chi connectivity index (χ2n) is 13.5. The second-order valence-corrected chi connectivity index (χ2v) is 13.5. The number of carbonyl (C=O) groups excluding carboxylic acids is 1. The fourth-order valence-corrected chi connectivity index (χ4v) is 7.47. The van der Waals surface area contributed by atoms with Crippen LogP contribution < -0.4 is 0 Å². The molecular weight excluding hydrogens is 544 g/mol. The van der Waals surface area contributed by atoms with Gasteiger partial charge in [0.25, 0.3) is 11.4 Å². The molecule has 3 aliphatic rings. The fourth-order valence-electron chi connectivity index (χ4n) is 7.47. The SMILES string of the molecule is C=C1CC[C@@H](OC(=O)c2cc([N+](=O)[O-])cc([N+](=O)[O-])c2)C/C1=C\C=C1/CCC[C@@]2(C)[C@H]1CC[C@H]2[C@H](C)/C=C/[C@H](C)C(C)C. The van der Waals surface area contributed by atoms with Crippen molar-refractivity contribution in [3.63, 3.8) is 0 Å². The third kappa shape index (κ3) is 7.34. The third-order valence-corrected chi connectivity index (χ3v) is 10.4. The summed E-state index contributed by atoms with van der Waals surface area (Å²) in [6, 6.07) is 2.88. The predicted molar refractivity (Wildman–Crippen MR) is 169 cm³/mol. The van der Waals surface area contributed by atoms with Gasteiger partial charge in [0.2, 0.25) is 0 Å². The van der Waals surface area contributed by atoms with Crippen molar-refractivity contribution in [2.75, 3.05) is 0 Å². The molecule has 1 aromatic rings. The number of allylic oxidation sites excluding steroid dienone is 6. The van der Waals surface area contributed by atoms with E-state index in [1.807, 2.05) is 0 Å². The van der Waals surface area contributed by atoms with Gasteiger partial charge >= 0.3 is 5.97 Å². The molecule has 0 spiro atoms. The summed E-state index contributed by atoms with van der Waals surface area (Å²) in [7, 11) is 0. The second kappa shape index (κ2) is 13.4. The van der Waals surface area contributed by atoms with Crippen LogP contribution in [-0.2, 0) is 4.74 Å². The summed E-state index contributed by atoms with van der Waals surface area (Å²) >= 11 is 0. The van der Waals surface area contributed by atoms with Crippen molar-refractivity contribution >= 4 is 17.3 Å². The van der Waals surface area contributed by atoms with Crippen LogP contribution >= 0.6 is 0 Å². The number of ether oxygens (including phenoxy) is 1. The molecule has 0 aromatic heterocycles. The van der Waals surface area contributed by atoms with Gasteiger partial charge in [-0.3, -0.25) is 20.2 Å². The highest BCUT2D eigenvalue weighted by molar-refractivity contribution is 5.91. The summed E-state index contributed by atoms with van der Waals surface area (Å²) in [6.07, 6.45) is 16.6. The molecule has 3 saturated carbocycles. The highest BCUT2D eigenvalue weighted by atomic mass is 16.6. The van der Waals surface area contributed by atoms with Crippen molar-refractivity contribution in [2.24, 2.45) is 35.0 Å². The lowest BCUT2D eigenvalue weighted by atomic mass is 9.61. The molecule has 0 amide bonds. The Hall–Kier alpha value is -3.55. The van der Waals surface area contributed by atoms with Crippen molar-refractivity contribution < 1.29 is 19.4 Å². The molecular formula is C35H46N2O6. The number of non-ortho nitro benzene ring substituents is 2. The first-order valence-electron chi connectivity index (χ1n) is 15.7. The molecule has 3 fully saturated rings. The van der Waals surface area contributed by atoms with Crippen molar-refractivity contribution in [2.45, 2.75) is 92.1 Å². The predicted octanol–water partition coefficient (Wildman–Crippen LogP) is 9.32. The van der Waals surface area contributed by atoms with E-state index in [2.05, 4.69) is 65.5 Å². The molecule has 232 valence electrons. The summed E-state index contributed by atoms with van der Waals surface area (Å²) in [5.41, 5.74) is 2.63. The Labute approximate surface area is 255 Å². The van der Waals surface area contributed by atoms with Crippen LogP contribution in [0.25, 0.3) is 0 Å². The Morgan fingerprint density at radius 1 is 1.00 bits per heavy atom. The van der Waals surface area contributed by atoms with Gasteiger partial charge in [-0.05, 0) is 85.5 Å². The van der Waals surface area contributed by atoms with Gasteiger partial charge < -0.3 is 4.74 Å². The lowest BCUT2D eigenvalue weighted by Crippen LogP contribution is -2.35. The summed E-state index contributed by atoms with van der Waals surface area (Å²) in [5.74, 6) is 2.21. The van der Waals surface area contributed by atoms with Gasteiger partial charge in [-0.2, -0.15) is 0 Å².